The summed E-state index contributed by atoms with van der Waals surface area (Å²) in [5, 5.41) is 21.9. The fourth-order valence-electron chi connectivity index (χ4n) is 1.43. The van der Waals surface area contributed by atoms with Crippen molar-refractivity contribution in [3.05, 3.63) is 33.9 Å². The van der Waals surface area contributed by atoms with Crippen molar-refractivity contribution in [1.82, 2.24) is 0 Å². The molecule has 0 atom stereocenters. The molecule has 7 heteroatoms. The molecule has 0 amide bonds. The number of nitro groups is 1. The van der Waals surface area contributed by atoms with E-state index in [9.17, 15) is 19.7 Å². The van der Waals surface area contributed by atoms with Gasteiger partial charge in [0.2, 0.25) is 0 Å². The molecule has 0 aliphatic rings. The minimum Gasteiger partial charge on any atom is -0.481 e. The molecule has 0 aliphatic heterocycles. The van der Waals surface area contributed by atoms with Gasteiger partial charge in [0.15, 0.2) is 5.78 Å². The second-order valence-corrected chi connectivity index (χ2v) is 3.56. The van der Waals surface area contributed by atoms with Crippen LogP contribution in [0.15, 0.2) is 18.2 Å². The van der Waals surface area contributed by atoms with E-state index in [1.165, 1.54) is 19.2 Å². The van der Waals surface area contributed by atoms with Crippen LogP contribution in [0, 0.1) is 10.1 Å². The number of hydrogen-bond acceptors (Lipinski definition) is 5. The quantitative estimate of drug-likeness (QED) is 0.453. The summed E-state index contributed by atoms with van der Waals surface area (Å²) in [5.74, 6) is -1.51. The van der Waals surface area contributed by atoms with Crippen LogP contribution < -0.4 is 5.32 Å². The average molecular weight is 252 g/mol. The van der Waals surface area contributed by atoms with Gasteiger partial charge in [-0.1, -0.05) is 0 Å². The number of nitrogens with one attached hydrogen (secondary N) is 1. The van der Waals surface area contributed by atoms with Gasteiger partial charge in [-0.2, -0.15) is 0 Å². The number of hydrogen-bond donors (Lipinski definition) is 2. The molecule has 0 saturated carbocycles. The van der Waals surface area contributed by atoms with Gasteiger partial charge in [0.05, 0.1) is 11.3 Å². The molecular weight excluding hydrogens is 240 g/mol. The lowest BCUT2D eigenvalue weighted by molar-refractivity contribution is -0.384. The predicted octanol–water partition coefficient (Wildman–Crippen LogP) is 1.68. The van der Waals surface area contributed by atoms with Crippen molar-refractivity contribution in [3.63, 3.8) is 0 Å². The maximum atomic E-state index is 11.6. The normalized spacial score (nSPS) is 9.83. The Morgan fingerprint density at radius 3 is 2.56 bits per heavy atom. The first-order chi connectivity index (χ1) is 8.45. The Labute approximate surface area is 103 Å². The smallest absolute Gasteiger partial charge is 0.303 e. The van der Waals surface area contributed by atoms with E-state index in [4.69, 9.17) is 5.11 Å². The van der Waals surface area contributed by atoms with E-state index < -0.39 is 16.7 Å². The number of ketones is 1. The highest BCUT2D eigenvalue weighted by molar-refractivity contribution is 5.98. The standard InChI is InChI=1S/C11H12N2O5/c1-12-8-3-2-7(6-9(8)13(17)18)10(14)4-5-11(15)16/h2-3,6,12H,4-5H2,1H3,(H,15,16). The summed E-state index contributed by atoms with van der Waals surface area (Å²) in [6.45, 7) is 0. The van der Waals surface area contributed by atoms with Gasteiger partial charge in [-0.25, -0.2) is 0 Å². The maximum absolute atomic E-state index is 11.6. The summed E-state index contributed by atoms with van der Waals surface area (Å²) >= 11 is 0. The number of carbonyl (C=O) groups excluding carboxylic acids is 1. The second-order valence-electron chi connectivity index (χ2n) is 3.56. The molecule has 0 radical (unpaired) electrons. The molecular formula is C11H12N2O5. The third-order valence-electron chi connectivity index (χ3n) is 2.35. The fraction of sp³-hybridized carbons (Fsp3) is 0.273. The number of anilines is 1. The van der Waals surface area contributed by atoms with Crippen LogP contribution in [0.1, 0.15) is 23.2 Å². The summed E-state index contributed by atoms with van der Waals surface area (Å²) in [7, 11) is 1.54. The zero-order valence-corrected chi connectivity index (χ0v) is 9.67. The van der Waals surface area contributed by atoms with Gasteiger partial charge in [0.25, 0.3) is 5.69 Å². The first-order valence-electron chi connectivity index (χ1n) is 5.17. The number of carbonyl (C=O) groups is 2. The molecule has 1 aromatic carbocycles. The molecule has 0 bridgehead atoms. The van der Waals surface area contributed by atoms with E-state index in [1.54, 1.807) is 0 Å². The summed E-state index contributed by atoms with van der Waals surface area (Å²) in [6, 6.07) is 4.01. The maximum Gasteiger partial charge on any atom is 0.303 e. The van der Waals surface area contributed by atoms with Crippen LogP contribution in [-0.2, 0) is 4.79 Å². The minimum absolute atomic E-state index is 0.141. The van der Waals surface area contributed by atoms with Gasteiger partial charge in [-0.05, 0) is 12.1 Å². The number of rotatable bonds is 6. The SMILES string of the molecule is CNc1ccc(C(=O)CCC(=O)O)cc1[N+](=O)[O-]. The molecule has 1 aromatic rings. The Bertz CT molecular complexity index is 498. The Morgan fingerprint density at radius 1 is 1.39 bits per heavy atom. The summed E-state index contributed by atoms with van der Waals surface area (Å²) in [5.41, 5.74) is 0.232. The Hall–Kier alpha value is -2.44. The number of carboxylic acids is 1. The van der Waals surface area contributed by atoms with Crippen molar-refractivity contribution in [2.24, 2.45) is 0 Å². The van der Waals surface area contributed by atoms with Crippen molar-refractivity contribution in [3.8, 4) is 0 Å². The number of benzene rings is 1. The molecule has 96 valence electrons. The molecule has 1 rings (SSSR count). The summed E-state index contributed by atoms with van der Waals surface area (Å²) in [6.07, 6.45) is -0.466. The summed E-state index contributed by atoms with van der Waals surface area (Å²) in [4.78, 5) is 32.1. The van der Waals surface area contributed by atoms with Crippen LogP contribution in [0.5, 0.6) is 0 Å². The third kappa shape index (κ3) is 3.27. The van der Waals surface area contributed by atoms with Crippen molar-refractivity contribution in [1.29, 1.82) is 0 Å². The van der Waals surface area contributed by atoms with Gasteiger partial charge >= 0.3 is 5.97 Å². The average Bonchev–Trinajstić information content (AvgIpc) is 2.34. The number of carboxylic acid groups (broad SMARTS) is 1. The van der Waals surface area contributed by atoms with Crippen LogP contribution in [0.4, 0.5) is 11.4 Å². The van der Waals surface area contributed by atoms with E-state index in [1.807, 2.05) is 0 Å². The molecule has 0 spiro atoms. The van der Waals surface area contributed by atoms with E-state index in [2.05, 4.69) is 5.32 Å². The van der Waals surface area contributed by atoms with Gasteiger partial charge in [-0.15, -0.1) is 0 Å². The van der Waals surface area contributed by atoms with E-state index >= 15 is 0 Å². The van der Waals surface area contributed by atoms with Crippen molar-refractivity contribution in [2.45, 2.75) is 12.8 Å². The van der Waals surface area contributed by atoms with Crippen molar-refractivity contribution < 1.29 is 19.6 Å². The predicted molar refractivity (Wildman–Crippen MR) is 63.8 cm³/mol. The first kappa shape index (κ1) is 13.6. The summed E-state index contributed by atoms with van der Waals surface area (Å²) < 4.78 is 0. The number of Topliss-reactive ketones (excluding diaryl/α,β-unsaturated/α-hetero) is 1. The van der Waals surface area contributed by atoms with Crippen LogP contribution in [0.2, 0.25) is 0 Å². The van der Waals surface area contributed by atoms with Gasteiger partial charge in [0, 0.05) is 25.1 Å². The molecule has 0 aliphatic carbocycles. The Balaban J connectivity index is 2.97. The number of nitro benzene ring substituents is 1. The zero-order valence-electron chi connectivity index (χ0n) is 9.67. The zero-order chi connectivity index (χ0) is 13.7. The molecule has 0 heterocycles. The molecule has 2 N–H and O–H groups in total. The van der Waals surface area contributed by atoms with Crippen molar-refractivity contribution in [2.75, 3.05) is 12.4 Å². The highest BCUT2D eigenvalue weighted by Gasteiger charge is 2.17. The fourth-order valence-corrected chi connectivity index (χ4v) is 1.43. The van der Waals surface area contributed by atoms with Gasteiger partial charge in [-0.3, -0.25) is 19.7 Å². The van der Waals surface area contributed by atoms with Crippen LogP contribution in [-0.4, -0.2) is 28.8 Å². The number of nitrogens with zero attached hydrogens (tertiary/aromatic N) is 1. The van der Waals surface area contributed by atoms with E-state index in [-0.39, 0.29) is 24.1 Å². The number of aliphatic carboxylic acids is 1. The van der Waals surface area contributed by atoms with Crippen LogP contribution in [0.3, 0.4) is 0 Å². The molecule has 18 heavy (non-hydrogen) atoms. The van der Waals surface area contributed by atoms with Gasteiger partial charge in [0.1, 0.15) is 5.69 Å². The molecule has 7 nitrogen and oxygen atoms in total. The molecule has 0 fully saturated rings. The lowest BCUT2D eigenvalue weighted by Crippen LogP contribution is -2.05. The molecule has 0 unspecified atom stereocenters. The van der Waals surface area contributed by atoms with Crippen LogP contribution in [0.25, 0.3) is 0 Å². The monoisotopic (exact) mass is 252 g/mol. The lowest BCUT2D eigenvalue weighted by Gasteiger charge is -2.04. The highest BCUT2D eigenvalue weighted by atomic mass is 16.6. The largest absolute Gasteiger partial charge is 0.481 e. The Morgan fingerprint density at radius 2 is 2.06 bits per heavy atom. The minimum atomic E-state index is -1.08. The molecule has 0 saturated heterocycles. The highest BCUT2D eigenvalue weighted by Crippen LogP contribution is 2.25. The van der Waals surface area contributed by atoms with E-state index in [0.717, 1.165) is 6.07 Å². The van der Waals surface area contributed by atoms with Crippen molar-refractivity contribution >= 4 is 23.1 Å². The van der Waals surface area contributed by atoms with Crippen LogP contribution >= 0.6 is 0 Å². The first-order valence-corrected chi connectivity index (χ1v) is 5.17. The topological polar surface area (TPSA) is 110 Å². The van der Waals surface area contributed by atoms with Gasteiger partial charge < -0.3 is 10.4 Å². The second kappa shape index (κ2) is 5.76. The third-order valence-corrected chi connectivity index (χ3v) is 2.35. The lowest BCUT2D eigenvalue weighted by atomic mass is 10.1. The Kier molecular flexibility index (Phi) is 4.36. The molecule has 0 aromatic heterocycles. The van der Waals surface area contributed by atoms with E-state index in [0.29, 0.717) is 5.69 Å².